The van der Waals surface area contributed by atoms with Crippen LogP contribution in [0, 0.1) is 5.41 Å². The highest BCUT2D eigenvalue weighted by Crippen LogP contribution is 2.36. The van der Waals surface area contributed by atoms with Gasteiger partial charge in [-0.25, -0.2) is 0 Å². The Morgan fingerprint density at radius 2 is 2.18 bits per heavy atom. The van der Waals surface area contributed by atoms with Crippen molar-refractivity contribution in [2.45, 2.75) is 39.5 Å². The van der Waals surface area contributed by atoms with Crippen molar-refractivity contribution >= 4 is 49.5 Å². The highest BCUT2D eigenvalue weighted by molar-refractivity contribution is 8.07. The lowest BCUT2D eigenvalue weighted by molar-refractivity contribution is -0.114. The van der Waals surface area contributed by atoms with Gasteiger partial charge in [0.25, 0.3) is 5.91 Å². The molecule has 0 unspecified atom stereocenters. The molecular weight excluding hydrogens is 394 g/mol. The number of hydrogen-bond acceptors (Lipinski definition) is 7. The van der Waals surface area contributed by atoms with Gasteiger partial charge in [-0.05, 0) is 56.3 Å². The fourth-order valence-electron chi connectivity index (χ4n) is 2.29. The molecule has 0 saturated carbocycles. The first kappa shape index (κ1) is 23.7. The van der Waals surface area contributed by atoms with E-state index in [2.05, 4.69) is 24.3 Å². The van der Waals surface area contributed by atoms with Crippen LogP contribution in [0.1, 0.15) is 39.5 Å². The molecule has 0 spiro atoms. The van der Waals surface area contributed by atoms with Crippen LogP contribution in [0.25, 0.3) is 0 Å². The summed E-state index contributed by atoms with van der Waals surface area (Å²) in [5.41, 5.74) is 7.39. The maximum atomic E-state index is 11.9. The zero-order chi connectivity index (χ0) is 21.1. The molecule has 0 radical (unpaired) electrons. The standard InChI is InChI=1S/C20H25N3O3S2/c1-4-16(7-5-6-15(12-24)23-3)26-18-10-17(27)14(11-21)9-8-13(2)19(28-18)20(22)25/h6-7,10-12,21,27H,3-5,8-9H2,1-2H3,(H2,22,25)/b15-6-,16-7+,17-14-,18-10+,19-13+,21-11?. The zero-order valence-electron chi connectivity index (χ0n) is 16.0. The van der Waals surface area contributed by atoms with E-state index in [-0.39, 0.29) is 5.70 Å². The second-order valence-electron chi connectivity index (χ2n) is 5.86. The highest BCUT2D eigenvalue weighted by Gasteiger charge is 2.18. The molecule has 0 bridgehead atoms. The van der Waals surface area contributed by atoms with E-state index in [0.717, 1.165) is 22.9 Å². The van der Waals surface area contributed by atoms with E-state index in [9.17, 15) is 9.59 Å². The van der Waals surface area contributed by atoms with Crippen LogP contribution in [0.5, 0.6) is 0 Å². The van der Waals surface area contributed by atoms with Gasteiger partial charge in [0.2, 0.25) is 0 Å². The number of nitrogens with two attached hydrogens (primary N) is 1. The molecule has 1 rings (SSSR count). The molecule has 0 saturated heterocycles. The lowest BCUT2D eigenvalue weighted by Gasteiger charge is -2.13. The Morgan fingerprint density at radius 3 is 2.71 bits per heavy atom. The number of thioether (sulfide) groups is 1. The monoisotopic (exact) mass is 419 g/mol. The van der Waals surface area contributed by atoms with Gasteiger partial charge in [0.05, 0.1) is 10.6 Å². The zero-order valence-corrected chi connectivity index (χ0v) is 17.7. The van der Waals surface area contributed by atoms with Gasteiger partial charge in [-0.1, -0.05) is 18.6 Å². The Morgan fingerprint density at radius 1 is 1.46 bits per heavy atom. The molecule has 8 heteroatoms. The lowest BCUT2D eigenvalue weighted by Crippen LogP contribution is -2.14. The second kappa shape index (κ2) is 12.2. The molecule has 6 nitrogen and oxygen atoms in total. The third kappa shape index (κ3) is 7.36. The number of rotatable bonds is 9. The first-order valence-corrected chi connectivity index (χ1v) is 9.93. The predicted molar refractivity (Wildman–Crippen MR) is 119 cm³/mol. The number of carbonyl (C=O) groups excluding carboxylic acids is 2. The van der Waals surface area contributed by atoms with Crippen molar-refractivity contribution in [3.05, 3.63) is 55.7 Å². The Labute approximate surface area is 175 Å². The maximum absolute atomic E-state index is 11.9. The molecule has 0 atom stereocenters. The molecule has 3 N–H and O–H groups in total. The molecule has 150 valence electrons. The number of aliphatic imine (C=N–C) groups is 1. The van der Waals surface area contributed by atoms with Gasteiger partial charge >= 0.3 is 0 Å². The number of nitrogens with zero attached hydrogens (tertiary/aromatic N) is 1. The molecule has 1 amide bonds. The van der Waals surface area contributed by atoms with Crippen LogP contribution < -0.4 is 5.73 Å². The summed E-state index contributed by atoms with van der Waals surface area (Å²) in [6.07, 6.45) is 9.27. The van der Waals surface area contributed by atoms with Gasteiger partial charge in [0, 0.05) is 23.6 Å². The Balaban J connectivity index is 3.24. The number of allylic oxidation sites excluding steroid dienone is 7. The third-order valence-electron chi connectivity index (χ3n) is 3.90. The van der Waals surface area contributed by atoms with E-state index in [4.69, 9.17) is 15.9 Å². The quantitative estimate of drug-likeness (QED) is 0.169. The van der Waals surface area contributed by atoms with E-state index >= 15 is 0 Å². The van der Waals surface area contributed by atoms with Crippen molar-refractivity contribution < 1.29 is 14.3 Å². The molecule has 1 heterocycles. The van der Waals surface area contributed by atoms with Gasteiger partial charge in [0.15, 0.2) is 11.4 Å². The summed E-state index contributed by atoms with van der Waals surface area (Å²) in [6.45, 7) is 7.11. The van der Waals surface area contributed by atoms with Gasteiger partial charge in [0.1, 0.15) is 5.76 Å². The molecule has 0 aromatic rings. The van der Waals surface area contributed by atoms with Crippen molar-refractivity contribution in [1.29, 1.82) is 5.41 Å². The topological polar surface area (TPSA) is 106 Å². The summed E-state index contributed by atoms with van der Waals surface area (Å²) in [5.74, 6) is 0.135. The fraction of sp³-hybridized carbons (Fsp3) is 0.300. The number of thiol groups is 1. The Kier molecular flexibility index (Phi) is 10.3. The minimum absolute atomic E-state index is 0.258. The summed E-state index contributed by atoms with van der Waals surface area (Å²) in [6, 6.07) is 0. The average molecular weight is 420 g/mol. The van der Waals surface area contributed by atoms with Crippen molar-refractivity contribution in [2.24, 2.45) is 10.7 Å². The number of nitrogens with one attached hydrogen (secondary N) is 1. The van der Waals surface area contributed by atoms with Crippen LogP contribution in [0.2, 0.25) is 0 Å². The van der Waals surface area contributed by atoms with Crippen LogP contribution in [-0.4, -0.2) is 25.1 Å². The first-order chi connectivity index (χ1) is 13.4. The van der Waals surface area contributed by atoms with Gasteiger partial charge in [-0.15, -0.1) is 12.6 Å². The number of primary amides is 1. The molecule has 0 aliphatic carbocycles. The molecule has 0 aromatic carbocycles. The first-order valence-electron chi connectivity index (χ1n) is 8.66. The Hall–Kier alpha value is -2.32. The van der Waals surface area contributed by atoms with Crippen molar-refractivity contribution in [2.75, 3.05) is 0 Å². The van der Waals surface area contributed by atoms with Crippen LogP contribution in [0.4, 0.5) is 0 Å². The van der Waals surface area contributed by atoms with Crippen LogP contribution in [0.15, 0.2) is 60.7 Å². The smallest absolute Gasteiger partial charge is 0.255 e. The summed E-state index contributed by atoms with van der Waals surface area (Å²) in [5, 5.41) is 8.04. The minimum atomic E-state index is -0.520. The van der Waals surface area contributed by atoms with E-state index < -0.39 is 5.91 Å². The Bertz CT molecular complexity index is 796. The normalized spacial score (nSPS) is 23.6. The van der Waals surface area contributed by atoms with Crippen LogP contribution in [0.3, 0.4) is 0 Å². The average Bonchev–Trinajstić information content (AvgIpc) is 2.72. The molecule has 0 aromatic heterocycles. The largest absolute Gasteiger partial charge is 0.455 e. The lowest BCUT2D eigenvalue weighted by atomic mass is 10.1. The second-order valence-corrected chi connectivity index (χ2v) is 7.36. The van der Waals surface area contributed by atoms with Crippen molar-refractivity contribution in [3.63, 3.8) is 0 Å². The fourth-order valence-corrected chi connectivity index (χ4v) is 3.58. The molecule has 0 fully saturated rings. The maximum Gasteiger partial charge on any atom is 0.255 e. The van der Waals surface area contributed by atoms with E-state index in [1.165, 1.54) is 6.21 Å². The third-order valence-corrected chi connectivity index (χ3v) is 5.47. The number of ether oxygens (including phenoxy) is 1. The van der Waals surface area contributed by atoms with Crippen molar-refractivity contribution in [1.82, 2.24) is 0 Å². The molecule has 28 heavy (non-hydrogen) atoms. The summed E-state index contributed by atoms with van der Waals surface area (Å²) in [7, 11) is 0. The molecule has 1 aliphatic rings. The summed E-state index contributed by atoms with van der Waals surface area (Å²) < 4.78 is 5.99. The van der Waals surface area contributed by atoms with Crippen LogP contribution >= 0.6 is 24.4 Å². The van der Waals surface area contributed by atoms with Gasteiger partial charge < -0.3 is 15.9 Å². The molecule has 1 aliphatic heterocycles. The number of amides is 1. The van der Waals surface area contributed by atoms with E-state index in [0.29, 0.717) is 52.6 Å². The summed E-state index contributed by atoms with van der Waals surface area (Å²) >= 11 is 5.63. The molecular formula is C20H25N3O3S2. The van der Waals surface area contributed by atoms with E-state index in [1.807, 2.05) is 19.9 Å². The van der Waals surface area contributed by atoms with Gasteiger partial charge in [-0.3, -0.25) is 14.6 Å². The highest BCUT2D eigenvalue weighted by atomic mass is 32.2. The van der Waals surface area contributed by atoms with Crippen LogP contribution in [-0.2, 0) is 14.3 Å². The number of hydrogen-bond donors (Lipinski definition) is 3. The van der Waals surface area contributed by atoms with E-state index in [1.54, 1.807) is 12.2 Å². The predicted octanol–water partition coefficient (Wildman–Crippen LogP) is 4.43. The minimum Gasteiger partial charge on any atom is -0.455 e. The van der Waals surface area contributed by atoms with Gasteiger partial charge in [-0.2, -0.15) is 0 Å². The summed E-state index contributed by atoms with van der Waals surface area (Å²) in [4.78, 5) is 27.3. The SMILES string of the molecule is C=N/C(C=O)=C\C/C=C(\CC)O/C1=C\C(S)=C(\C=N)CC/C(C)=C(\C(N)=O)S1. The van der Waals surface area contributed by atoms with Crippen molar-refractivity contribution in [3.8, 4) is 0 Å². The number of carbonyl (C=O) groups is 2. The number of aldehydes is 1.